The molecule has 2 amide bonds. The molecule has 1 aromatic heterocycles. The van der Waals surface area contributed by atoms with Gasteiger partial charge in [-0.2, -0.15) is 18.3 Å². The third-order valence-electron chi connectivity index (χ3n) is 4.32. The molecule has 10 heteroatoms. The number of rotatable bonds is 9. The quantitative estimate of drug-likeness (QED) is 0.588. The molecule has 0 spiro atoms. The number of aromatic nitrogens is 2. The Morgan fingerprint density at radius 2 is 2.03 bits per heavy atom. The largest absolute Gasteiger partial charge is 0.416 e. The molecule has 0 radical (unpaired) electrons. The SMILES string of the molecule is CC(CC(=O)Nc1cccc(C(F)(F)F)c1)NCC(Cc1cnn(C)c1)C(N)=O. The van der Waals surface area contributed by atoms with Crippen molar-refractivity contribution in [2.75, 3.05) is 11.9 Å². The number of amides is 2. The summed E-state index contributed by atoms with van der Waals surface area (Å²) in [6.45, 7) is 2.01. The Bertz CT molecular complexity index is 850. The molecule has 29 heavy (non-hydrogen) atoms. The molecule has 2 atom stereocenters. The maximum atomic E-state index is 12.7. The maximum absolute atomic E-state index is 12.7. The highest BCUT2D eigenvalue weighted by Crippen LogP contribution is 2.30. The lowest BCUT2D eigenvalue weighted by molar-refractivity contribution is -0.137. The van der Waals surface area contributed by atoms with E-state index in [1.807, 2.05) is 0 Å². The number of carbonyl (C=O) groups is 2. The van der Waals surface area contributed by atoms with Crippen LogP contribution in [0.25, 0.3) is 0 Å². The van der Waals surface area contributed by atoms with E-state index in [0.29, 0.717) is 6.42 Å². The lowest BCUT2D eigenvalue weighted by Crippen LogP contribution is -2.39. The van der Waals surface area contributed by atoms with E-state index >= 15 is 0 Å². The Morgan fingerprint density at radius 1 is 1.31 bits per heavy atom. The number of hydrogen-bond donors (Lipinski definition) is 3. The highest BCUT2D eigenvalue weighted by molar-refractivity contribution is 5.91. The summed E-state index contributed by atoms with van der Waals surface area (Å²) in [5, 5.41) is 9.58. The highest BCUT2D eigenvalue weighted by atomic mass is 19.4. The summed E-state index contributed by atoms with van der Waals surface area (Å²) in [5.74, 6) is -1.39. The third-order valence-corrected chi connectivity index (χ3v) is 4.32. The number of nitrogens with one attached hydrogen (secondary N) is 2. The van der Waals surface area contributed by atoms with Crippen LogP contribution in [0.5, 0.6) is 0 Å². The molecular weight excluding hydrogens is 387 g/mol. The van der Waals surface area contributed by atoms with Gasteiger partial charge in [0, 0.05) is 37.9 Å². The van der Waals surface area contributed by atoms with E-state index in [1.165, 1.54) is 12.1 Å². The Labute approximate surface area is 166 Å². The zero-order valence-electron chi connectivity index (χ0n) is 16.2. The number of halogens is 3. The van der Waals surface area contributed by atoms with Crippen molar-refractivity contribution in [3.05, 3.63) is 47.8 Å². The molecular formula is C19H24F3N5O2. The molecule has 0 saturated carbocycles. The fourth-order valence-corrected chi connectivity index (χ4v) is 2.81. The van der Waals surface area contributed by atoms with Crippen molar-refractivity contribution in [1.82, 2.24) is 15.1 Å². The second-order valence-electron chi connectivity index (χ2n) is 6.97. The van der Waals surface area contributed by atoms with Crippen LogP contribution in [-0.4, -0.2) is 34.2 Å². The fourth-order valence-electron chi connectivity index (χ4n) is 2.81. The number of nitrogens with two attached hydrogens (primary N) is 1. The van der Waals surface area contributed by atoms with E-state index in [0.717, 1.165) is 17.7 Å². The number of alkyl halides is 3. The lowest BCUT2D eigenvalue weighted by Gasteiger charge is -2.18. The summed E-state index contributed by atoms with van der Waals surface area (Å²) in [6, 6.07) is 4.13. The minimum absolute atomic E-state index is 0.0224. The Hall–Kier alpha value is -2.88. The fraction of sp³-hybridized carbons (Fsp3) is 0.421. The van der Waals surface area contributed by atoms with Crippen molar-refractivity contribution in [3.63, 3.8) is 0 Å². The van der Waals surface area contributed by atoms with Crippen molar-refractivity contribution >= 4 is 17.5 Å². The molecule has 0 fully saturated rings. The van der Waals surface area contributed by atoms with E-state index in [-0.39, 0.29) is 24.7 Å². The zero-order valence-corrected chi connectivity index (χ0v) is 16.2. The van der Waals surface area contributed by atoms with Gasteiger partial charge in [-0.3, -0.25) is 14.3 Å². The Kier molecular flexibility index (Phi) is 7.38. The molecule has 0 aliphatic rings. The summed E-state index contributed by atoms with van der Waals surface area (Å²) in [6.07, 6.45) is -0.592. The molecule has 0 bridgehead atoms. The minimum Gasteiger partial charge on any atom is -0.369 e. The molecule has 0 saturated heterocycles. The topological polar surface area (TPSA) is 102 Å². The first kappa shape index (κ1) is 22.4. The van der Waals surface area contributed by atoms with Crippen molar-refractivity contribution in [3.8, 4) is 0 Å². The average molecular weight is 411 g/mol. The number of anilines is 1. The van der Waals surface area contributed by atoms with Crippen LogP contribution < -0.4 is 16.4 Å². The maximum Gasteiger partial charge on any atom is 0.416 e. The number of primary amides is 1. The van der Waals surface area contributed by atoms with Crippen LogP contribution in [0.4, 0.5) is 18.9 Å². The number of aryl methyl sites for hydroxylation is 1. The monoisotopic (exact) mass is 411 g/mol. The van der Waals surface area contributed by atoms with Crippen LogP contribution in [0, 0.1) is 5.92 Å². The first-order valence-electron chi connectivity index (χ1n) is 9.02. The van der Waals surface area contributed by atoms with E-state index in [1.54, 1.807) is 31.0 Å². The van der Waals surface area contributed by atoms with Gasteiger partial charge in [0.2, 0.25) is 11.8 Å². The van der Waals surface area contributed by atoms with Gasteiger partial charge in [-0.1, -0.05) is 6.07 Å². The van der Waals surface area contributed by atoms with Gasteiger partial charge >= 0.3 is 6.18 Å². The number of hydrogen-bond acceptors (Lipinski definition) is 4. The zero-order chi connectivity index (χ0) is 21.6. The van der Waals surface area contributed by atoms with Crippen LogP contribution in [0.2, 0.25) is 0 Å². The predicted molar refractivity (Wildman–Crippen MR) is 102 cm³/mol. The van der Waals surface area contributed by atoms with Crippen LogP contribution in [0.1, 0.15) is 24.5 Å². The van der Waals surface area contributed by atoms with Crippen LogP contribution in [0.3, 0.4) is 0 Å². The van der Waals surface area contributed by atoms with Gasteiger partial charge in [-0.15, -0.1) is 0 Å². The van der Waals surface area contributed by atoms with E-state index < -0.39 is 29.5 Å². The molecule has 2 rings (SSSR count). The van der Waals surface area contributed by atoms with Crippen molar-refractivity contribution in [2.45, 2.75) is 32.0 Å². The number of carbonyl (C=O) groups excluding carboxylic acids is 2. The van der Waals surface area contributed by atoms with E-state index in [2.05, 4.69) is 15.7 Å². The number of benzene rings is 1. The molecule has 7 nitrogen and oxygen atoms in total. The van der Waals surface area contributed by atoms with Gasteiger partial charge in [-0.25, -0.2) is 0 Å². The Balaban J connectivity index is 1.85. The van der Waals surface area contributed by atoms with Gasteiger partial charge < -0.3 is 16.4 Å². The first-order valence-corrected chi connectivity index (χ1v) is 9.02. The van der Waals surface area contributed by atoms with Crippen LogP contribution in [0.15, 0.2) is 36.7 Å². The molecule has 158 valence electrons. The lowest BCUT2D eigenvalue weighted by atomic mass is 10.0. The normalized spacial score (nSPS) is 13.7. The summed E-state index contributed by atoms with van der Waals surface area (Å²) in [7, 11) is 1.77. The van der Waals surface area contributed by atoms with Gasteiger partial charge in [0.05, 0.1) is 17.7 Å². The van der Waals surface area contributed by atoms with Crippen LogP contribution in [-0.2, 0) is 29.2 Å². The van der Waals surface area contributed by atoms with Gasteiger partial charge in [0.1, 0.15) is 0 Å². The standard InChI is InChI=1S/C19H24F3N5O2/c1-12(24-10-14(18(23)29)7-13-9-25-27(2)11-13)6-17(28)26-16-5-3-4-15(8-16)19(20,21)22/h3-5,8-9,11-12,14,24H,6-7,10H2,1-2H3,(H2,23,29)(H,26,28). The van der Waals surface area contributed by atoms with Gasteiger partial charge in [0.15, 0.2) is 0 Å². The summed E-state index contributed by atoms with van der Waals surface area (Å²) >= 11 is 0. The smallest absolute Gasteiger partial charge is 0.369 e. The number of nitrogens with zero attached hydrogens (tertiary/aromatic N) is 2. The Morgan fingerprint density at radius 3 is 2.62 bits per heavy atom. The summed E-state index contributed by atoms with van der Waals surface area (Å²) in [4.78, 5) is 23.8. The average Bonchev–Trinajstić information content (AvgIpc) is 3.02. The van der Waals surface area contributed by atoms with Gasteiger partial charge in [-0.05, 0) is 37.1 Å². The molecule has 2 aromatic rings. The molecule has 1 heterocycles. The molecule has 0 aliphatic heterocycles. The molecule has 0 aliphatic carbocycles. The second kappa shape index (κ2) is 9.55. The third kappa shape index (κ3) is 7.22. The van der Waals surface area contributed by atoms with Crippen molar-refractivity contribution < 1.29 is 22.8 Å². The molecule has 1 aromatic carbocycles. The van der Waals surface area contributed by atoms with E-state index in [4.69, 9.17) is 5.73 Å². The van der Waals surface area contributed by atoms with Crippen LogP contribution >= 0.6 is 0 Å². The predicted octanol–water partition coefficient (Wildman–Crippen LogP) is 2.09. The highest BCUT2D eigenvalue weighted by Gasteiger charge is 2.30. The van der Waals surface area contributed by atoms with E-state index in [9.17, 15) is 22.8 Å². The molecule has 2 unspecified atom stereocenters. The van der Waals surface area contributed by atoms with Gasteiger partial charge in [0.25, 0.3) is 0 Å². The summed E-state index contributed by atoms with van der Waals surface area (Å²) < 4.78 is 39.9. The molecule has 4 N–H and O–H groups in total. The minimum atomic E-state index is -4.48. The second-order valence-corrected chi connectivity index (χ2v) is 6.97. The summed E-state index contributed by atoms with van der Waals surface area (Å²) in [5.41, 5.74) is 5.56. The first-order chi connectivity index (χ1) is 13.5. The van der Waals surface area contributed by atoms with Crippen molar-refractivity contribution in [1.29, 1.82) is 0 Å². The van der Waals surface area contributed by atoms with Crippen molar-refractivity contribution in [2.24, 2.45) is 18.7 Å².